The van der Waals surface area contributed by atoms with E-state index in [1.807, 2.05) is 42.5 Å². The van der Waals surface area contributed by atoms with Gasteiger partial charge in [-0.3, -0.25) is 9.59 Å². The Labute approximate surface area is 170 Å². The van der Waals surface area contributed by atoms with Gasteiger partial charge in [-0.2, -0.15) is 0 Å². The number of amides is 2. The molecule has 3 aromatic carbocycles. The van der Waals surface area contributed by atoms with Crippen molar-refractivity contribution in [1.82, 2.24) is 5.32 Å². The zero-order valence-electron chi connectivity index (χ0n) is 16.4. The first-order valence-corrected chi connectivity index (χ1v) is 9.48. The van der Waals surface area contributed by atoms with Crippen LogP contribution in [0, 0.1) is 0 Å². The fraction of sp³-hybridized carbons (Fsp3) is 0.167. The Hall–Kier alpha value is -3.44. The van der Waals surface area contributed by atoms with E-state index in [2.05, 4.69) is 10.6 Å². The first-order valence-electron chi connectivity index (χ1n) is 9.48. The van der Waals surface area contributed by atoms with Crippen molar-refractivity contribution in [3.05, 3.63) is 101 Å². The predicted molar refractivity (Wildman–Crippen MR) is 114 cm³/mol. The molecule has 0 saturated heterocycles. The molecule has 2 N–H and O–H groups in total. The van der Waals surface area contributed by atoms with E-state index in [4.69, 9.17) is 4.74 Å². The van der Waals surface area contributed by atoms with Crippen molar-refractivity contribution in [3.8, 4) is 0 Å². The van der Waals surface area contributed by atoms with E-state index in [1.54, 1.807) is 43.5 Å². The number of hydrogen-bond donors (Lipinski definition) is 2. The van der Waals surface area contributed by atoms with Gasteiger partial charge in [-0.15, -0.1) is 0 Å². The number of nitrogens with one attached hydrogen (secondary N) is 2. The molecular weight excluding hydrogens is 364 g/mol. The van der Waals surface area contributed by atoms with Crippen molar-refractivity contribution in [3.63, 3.8) is 0 Å². The molecular formula is C24H24N2O3. The number of hydrogen-bond acceptors (Lipinski definition) is 3. The summed E-state index contributed by atoms with van der Waals surface area (Å²) in [6, 6.07) is 24.1. The van der Waals surface area contributed by atoms with Crippen LogP contribution in [0.5, 0.6) is 0 Å². The second kappa shape index (κ2) is 10.2. The number of ether oxygens (including phenoxy) is 1. The molecule has 0 aliphatic heterocycles. The normalized spacial score (nSPS) is 10.4. The molecule has 0 spiro atoms. The van der Waals surface area contributed by atoms with E-state index >= 15 is 0 Å². The molecule has 29 heavy (non-hydrogen) atoms. The minimum absolute atomic E-state index is 0.215. The van der Waals surface area contributed by atoms with Crippen LogP contribution in [0.25, 0.3) is 0 Å². The minimum Gasteiger partial charge on any atom is -0.380 e. The maximum Gasteiger partial charge on any atom is 0.255 e. The summed E-state index contributed by atoms with van der Waals surface area (Å²) in [6.07, 6.45) is 0.745. The molecule has 3 rings (SSSR count). The zero-order valence-corrected chi connectivity index (χ0v) is 16.4. The van der Waals surface area contributed by atoms with Crippen LogP contribution in [0.1, 0.15) is 31.8 Å². The topological polar surface area (TPSA) is 67.4 Å². The lowest BCUT2D eigenvalue weighted by Gasteiger charge is -2.12. The monoisotopic (exact) mass is 388 g/mol. The standard InChI is InChI=1S/C24H24N2O3/c1-29-17-19-11-13-20(14-12-19)23(27)26-22-10-6-5-9-21(22)24(28)25-16-15-18-7-3-2-4-8-18/h2-14H,15-17H2,1H3,(H,25,28)(H,26,27). The highest BCUT2D eigenvalue weighted by Crippen LogP contribution is 2.17. The van der Waals surface area contributed by atoms with Gasteiger partial charge in [0.05, 0.1) is 17.9 Å². The number of benzene rings is 3. The highest BCUT2D eigenvalue weighted by atomic mass is 16.5. The van der Waals surface area contributed by atoms with Crippen molar-refractivity contribution in [2.24, 2.45) is 0 Å². The van der Waals surface area contributed by atoms with Crippen molar-refractivity contribution in [2.45, 2.75) is 13.0 Å². The van der Waals surface area contributed by atoms with E-state index in [0.717, 1.165) is 17.5 Å². The molecule has 5 heteroatoms. The average Bonchev–Trinajstić information content (AvgIpc) is 2.75. The summed E-state index contributed by atoms with van der Waals surface area (Å²) >= 11 is 0. The fourth-order valence-corrected chi connectivity index (χ4v) is 2.96. The molecule has 0 aliphatic rings. The summed E-state index contributed by atoms with van der Waals surface area (Å²) in [4.78, 5) is 25.2. The van der Waals surface area contributed by atoms with E-state index in [1.165, 1.54) is 0 Å². The van der Waals surface area contributed by atoms with Crippen LogP contribution in [0.3, 0.4) is 0 Å². The molecule has 0 aromatic heterocycles. The third kappa shape index (κ3) is 5.77. The quantitative estimate of drug-likeness (QED) is 0.612. The number of carbonyl (C=O) groups is 2. The summed E-state index contributed by atoms with van der Waals surface area (Å²) in [5, 5.41) is 5.75. The Balaban J connectivity index is 1.63. The van der Waals surface area contributed by atoms with Gasteiger partial charge < -0.3 is 15.4 Å². The highest BCUT2D eigenvalue weighted by Gasteiger charge is 2.14. The lowest BCUT2D eigenvalue weighted by Crippen LogP contribution is -2.27. The number of para-hydroxylation sites is 1. The maximum atomic E-state index is 12.6. The second-order valence-corrected chi connectivity index (χ2v) is 6.62. The van der Waals surface area contributed by atoms with Crippen LogP contribution in [0.15, 0.2) is 78.9 Å². The van der Waals surface area contributed by atoms with Crippen LogP contribution in [-0.2, 0) is 17.8 Å². The van der Waals surface area contributed by atoms with Gasteiger partial charge in [0.15, 0.2) is 0 Å². The molecule has 0 unspecified atom stereocenters. The zero-order chi connectivity index (χ0) is 20.5. The van der Waals surface area contributed by atoms with Gasteiger partial charge in [0.25, 0.3) is 11.8 Å². The van der Waals surface area contributed by atoms with Gasteiger partial charge in [-0.25, -0.2) is 0 Å². The van der Waals surface area contributed by atoms with Crippen LogP contribution >= 0.6 is 0 Å². The fourth-order valence-electron chi connectivity index (χ4n) is 2.96. The number of carbonyl (C=O) groups excluding carboxylic acids is 2. The molecule has 0 saturated carbocycles. The summed E-state index contributed by atoms with van der Waals surface area (Å²) in [6.45, 7) is 1.01. The Morgan fingerprint density at radius 1 is 0.793 bits per heavy atom. The molecule has 0 bridgehead atoms. The third-order valence-electron chi connectivity index (χ3n) is 4.49. The predicted octanol–water partition coefficient (Wildman–Crippen LogP) is 4.06. The van der Waals surface area contributed by atoms with E-state index in [0.29, 0.717) is 30.0 Å². The highest BCUT2D eigenvalue weighted by molar-refractivity contribution is 6.09. The SMILES string of the molecule is COCc1ccc(C(=O)Nc2ccccc2C(=O)NCCc2ccccc2)cc1. The third-order valence-corrected chi connectivity index (χ3v) is 4.49. The summed E-state index contributed by atoms with van der Waals surface area (Å²) < 4.78 is 5.08. The first kappa shape index (κ1) is 20.3. The smallest absolute Gasteiger partial charge is 0.255 e. The van der Waals surface area contributed by atoms with E-state index in [-0.39, 0.29) is 11.8 Å². The number of anilines is 1. The van der Waals surface area contributed by atoms with Gasteiger partial charge >= 0.3 is 0 Å². The number of rotatable bonds is 8. The molecule has 148 valence electrons. The van der Waals surface area contributed by atoms with Crippen LogP contribution in [0.2, 0.25) is 0 Å². The minimum atomic E-state index is -0.265. The first-order chi connectivity index (χ1) is 14.2. The summed E-state index contributed by atoms with van der Waals surface area (Å²) in [5.41, 5.74) is 3.58. The van der Waals surface area contributed by atoms with Crippen LogP contribution in [0.4, 0.5) is 5.69 Å². The summed E-state index contributed by atoms with van der Waals surface area (Å²) in [5.74, 6) is -0.481. The van der Waals surface area contributed by atoms with E-state index in [9.17, 15) is 9.59 Å². The molecule has 2 amide bonds. The molecule has 0 aliphatic carbocycles. The Morgan fingerprint density at radius 2 is 1.48 bits per heavy atom. The van der Waals surface area contributed by atoms with Crippen LogP contribution < -0.4 is 10.6 Å². The Kier molecular flexibility index (Phi) is 7.14. The largest absolute Gasteiger partial charge is 0.380 e. The lowest BCUT2D eigenvalue weighted by molar-refractivity contribution is 0.0955. The van der Waals surface area contributed by atoms with Crippen molar-refractivity contribution < 1.29 is 14.3 Å². The Morgan fingerprint density at radius 3 is 2.21 bits per heavy atom. The lowest BCUT2D eigenvalue weighted by atomic mass is 10.1. The molecule has 0 radical (unpaired) electrons. The van der Waals surface area contributed by atoms with Gasteiger partial charge in [-0.05, 0) is 41.8 Å². The average molecular weight is 388 g/mol. The van der Waals surface area contributed by atoms with E-state index < -0.39 is 0 Å². The van der Waals surface area contributed by atoms with Crippen LogP contribution in [-0.4, -0.2) is 25.5 Å². The van der Waals surface area contributed by atoms with Gasteiger partial charge in [0, 0.05) is 19.2 Å². The molecule has 0 heterocycles. The molecule has 3 aromatic rings. The summed E-state index contributed by atoms with van der Waals surface area (Å²) in [7, 11) is 1.63. The Bertz CT molecular complexity index is 953. The van der Waals surface area contributed by atoms with Crippen molar-refractivity contribution >= 4 is 17.5 Å². The molecule has 0 fully saturated rings. The van der Waals surface area contributed by atoms with Crippen molar-refractivity contribution in [2.75, 3.05) is 19.0 Å². The van der Waals surface area contributed by atoms with Gasteiger partial charge in [0.2, 0.25) is 0 Å². The van der Waals surface area contributed by atoms with Gasteiger partial charge in [0.1, 0.15) is 0 Å². The van der Waals surface area contributed by atoms with Crippen molar-refractivity contribution in [1.29, 1.82) is 0 Å². The molecule has 5 nitrogen and oxygen atoms in total. The van der Waals surface area contributed by atoms with Gasteiger partial charge in [-0.1, -0.05) is 54.6 Å². The maximum absolute atomic E-state index is 12.6. The molecule has 0 atom stereocenters. The number of methoxy groups -OCH3 is 1. The second-order valence-electron chi connectivity index (χ2n) is 6.62.